The summed E-state index contributed by atoms with van der Waals surface area (Å²) in [5, 5.41) is 1.22. The van der Waals surface area contributed by atoms with Crippen molar-refractivity contribution in [3.8, 4) is 0 Å². The van der Waals surface area contributed by atoms with E-state index in [4.69, 9.17) is 11.5 Å². The van der Waals surface area contributed by atoms with E-state index in [9.17, 15) is 31.1 Å². The molecule has 0 aliphatic carbocycles. The molecule has 10 heteroatoms. The van der Waals surface area contributed by atoms with Crippen LogP contribution in [0, 0.1) is 5.82 Å². The largest absolute Gasteiger partial charge is 0.397 e. The number of anilines is 2. The monoisotopic (exact) mass is 329 g/mol. The van der Waals surface area contributed by atoms with Gasteiger partial charge in [-0.25, -0.2) is 26.3 Å². The summed E-state index contributed by atoms with van der Waals surface area (Å²) in [5.74, 6) is -4.62. The maximum Gasteiger partial charge on any atom is 0.287 e. The molecular formula is C12H13F6N3O. The number of nitrogens with two attached hydrogens (primary N) is 2. The number of hydrogen-bond acceptors (Lipinski definition) is 3. The van der Waals surface area contributed by atoms with E-state index in [1.807, 2.05) is 0 Å². The number of alkyl halides is 5. The molecule has 1 aromatic carbocycles. The lowest BCUT2D eigenvalue weighted by atomic mass is 9.93. The Morgan fingerprint density at radius 3 is 2.23 bits per heavy atom. The molecule has 0 fully saturated rings. The Balaban J connectivity index is 3.13. The Labute approximate surface area is 121 Å². The van der Waals surface area contributed by atoms with Crippen LogP contribution < -0.4 is 16.8 Å². The highest BCUT2D eigenvalue weighted by atomic mass is 19.3. The fourth-order valence-corrected chi connectivity index (χ4v) is 1.75. The molecule has 1 aromatic rings. The summed E-state index contributed by atoms with van der Waals surface area (Å²) in [6.07, 6.45) is -10.8. The summed E-state index contributed by atoms with van der Waals surface area (Å²) in [6.45, 7) is 0. The molecule has 0 aliphatic rings. The number of carbonyl (C=O) groups excluding carboxylic acids is 1. The van der Waals surface area contributed by atoms with Gasteiger partial charge in [-0.3, -0.25) is 4.79 Å². The molecule has 0 saturated carbocycles. The first-order valence-corrected chi connectivity index (χ1v) is 5.99. The van der Waals surface area contributed by atoms with Gasteiger partial charge in [-0.2, -0.15) is 0 Å². The van der Waals surface area contributed by atoms with Gasteiger partial charge in [0, 0.05) is 12.0 Å². The van der Waals surface area contributed by atoms with Crippen LogP contribution >= 0.6 is 0 Å². The molecule has 0 saturated heterocycles. The molecule has 1 amide bonds. The second kappa shape index (κ2) is 7.23. The van der Waals surface area contributed by atoms with Gasteiger partial charge in [0.2, 0.25) is 18.6 Å². The highest BCUT2D eigenvalue weighted by Gasteiger charge is 2.31. The smallest absolute Gasteiger partial charge is 0.287 e. The third-order valence-electron chi connectivity index (χ3n) is 2.85. The maximum atomic E-state index is 13.9. The van der Waals surface area contributed by atoms with Crippen molar-refractivity contribution in [2.75, 3.05) is 11.5 Å². The Morgan fingerprint density at radius 1 is 1.14 bits per heavy atom. The highest BCUT2D eigenvalue weighted by molar-refractivity contribution is 5.84. The van der Waals surface area contributed by atoms with E-state index in [0.717, 1.165) is 12.1 Å². The molecule has 1 unspecified atom stereocenters. The van der Waals surface area contributed by atoms with Crippen molar-refractivity contribution in [3.63, 3.8) is 0 Å². The van der Waals surface area contributed by atoms with Gasteiger partial charge in [0.05, 0.1) is 17.3 Å². The zero-order chi connectivity index (χ0) is 17.0. The Morgan fingerprint density at radius 2 is 1.73 bits per heavy atom. The fourth-order valence-electron chi connectivity index (χ4n) is 1.75. The molecule has 124 valence electrons. The normalized spacial score (nSPS) is 14.2. The molecule has 0 spiro atoms. The van der Waals surface area contributed by atoms with Crippen LogP contribution in [0.3, 0.4) is 0 Å². The van der Waals surface area contributed by atoms with E-state index >= 15 is 0 Å². The highest BCUT2D eigenvalue weighted by Crippen LogP contribution is 2.31. The van der Waals surface area contributed by atoms with Gasteiger partial charge in [0.25, 0.3) is 6.43 Å². The lowest BCUT2D eigenvalue weighted by Crippen LogP contribution is -2.40. The van der Waals surface area contributed by atoms with Crippen molar-refractivity contribution in [1.29, 1.82) is 0 Å². The summed E-state index contributed by atoms with van der Waals surface area (Å²) in [6, 6.07) is 1.99. The molecule has 0 aromatic heterocycles. The Hall–Kier alpha value is -2.13. The quantitative estimate of drug-likeness (QED) is 0.426. The van der Waals surface area contributed by atoms with E-state index < -0.39 is 54.5 Å². The molecule has 2 atom stereocenters. The minimum atomic E-state index is -3.54. The second-order valence-corrected chi connectivity index (χ2v) is 4.40. The number of nitrogens with one attached hydrogen (secondary N) is 1. The van der Waals surface area contributed by atoms with Crippen LogP contribution in [0.5, 0.6) is 0 Å². The number of nitrogen functional groups attached to an aromatic ring is 2. The number of halogens is 6. The SMILES string of the molecule is Nc1ccc([C@@H](CC(F)F)C(=O)NC(F)C(F)F)c(F)c1N. The molecule has 5 N–H and O–H groups in total. The number of carbonyl (C=O) groups is 1. The summed E-state index contributed by atoms with van der Waals surface area (Å²) in [7, 11) is 0. The van der Waals surface area contributed by atoms with Gasteiger partial charge in [-0.15, -0.1) is 0 Å². The van der Waals surface area contributed by atoms with Gasteiger partial charge >= 0.3 is 0 Å². The molecule has 22 heavy (non-hydrogen) atoms. The van der Waals surface area contributed by atoms with Crippen LogP contribution in [0.2, 0.25) is 0 Å². The molecule has 4 nitrogen and oxygen atoms in total. The van der Waals surface area contributed by atoms with E-state index in [-0.39, 0.29) is 5.69 Å². The molecular weight excluding hydrogens is 316 g/mol. The van der Waals surface area contributed by atoms with Gasteiger partial charge in [0.15, 0.2) is 5.82 Å². The first-order chi connectivity index (χ1) is 10.1. The van der Waals surface area contributed by atoms with Crippen molar-refractivity contribution in [3.05, 3.63) is 23.5 Å². The van der Waals surface area contributed by atoms with E-state index in [1.165, 1.54) is 5.32 Å². The third-order valence-corrected chi connectivity index (χ3v) is 2.85. The Bertz CT molecular complexity index is 540. The molecule has 0 heterocycles. The van der Waals surface area contributed by atoms with E-state index in [1.54, 1.807) is 0 Å². The van der Waals surface area contributed by atoms with Crippen LogP contribution in [0.1, 0.15) is 17.9 Å². The average Bonchev–Trinajstić information content (AvgIpc) is 2.42. The molecule has 0 radical (unpaired) electrons. The van der Waals surface area contributed by atoms with Crippen molar-refractivity contribution >= 4 is 17.3 Å². The van der Waals surface area contributed by atoms with Crippen molar-refractivity contribution in [2.24, 2.45) is 0 Å². The van der Waals surface area contributed by atoms with Crippen molar-refractivity contribution in [2.45, 2.75) is 31.5 Å². The molecule has 1 rings (SSSR count). The lowest BCUT2D eigenvalue weighted by Gasteiger charge is -2.20. The van der Waals surface area contributed by atoms with E-state index in [0.29, 0.717) is 0 Å². The summed E-state index contributed by atoms with van der Waals surface area (Å²) in [4.78, 5) is 11.7. The standard InChI is InChI=1S/C12H13F6N3O/c13-7(14)3-5(12(22)21-11(18)10(16)17)4-1-2-6(19)9(20)8(4)15/h1-2,5,7,10-11H,3,19-20H2,(H,21,22)/t5-,11?/m1/s1. The van der Waals surface area contributed by atoms with Gasteiger partial charge < -0.3 is 16.8 Å². The summed E-state index contributed by atoms with van der Waals surface area (Å²) < 4.78 is 76.0. The predicted octanol–water partition coefficient (Wildman–Crippen LogP) is 2.41. The lowest BCUT2D eigenvalue weighted by molar-refractivity contribution is -0.127. The van der Waals surface area contributed by atoms with Crippen molar-refractivity contribution < 1.29 is 31.1 Å². The van der Waals surface area contributed by atoms with Crippen LogP contribution in [0.4, 0.5) is 37.7 Å². The first-order valence-electron chi connectivity index (χ1n) is 5.99. The van der Waals surface area contributed by atoms with Crippen LogP contribution in [0.25, 0.3) is 0 Å². The van der Waals surface area contributed by atoms with Crippen LogP contribution in [-0.2, 0) is 4.79 Å². The average molecular weight is 329 g/mol. The number of benzene rings is 1. The number of rotatable bonds is 6. The predicted molar refractivity (Wildman–Crippen MR) is 67.6 cm³/mol. The number of hydrogen-bond donors (Lipinski definition) is 3. The number of amides is 1. The zero-order valence-electron chi connectivity index (χ0n) is 11.0. The Kier molecular flexibility index (Phi) is 5.89. The fraction of sp³-hybridized carbons (Fsp3) is 0.417. The maximum absolute atomic E-state index is 13.9. The minimum Gasteiger partial charge on any atom is -0.397 e. The summed E-state index contributed by atoms with van der Waals surface area (Å²) in [5.41, 5.74) is 9.26. The minimum absolute atomic E-state index is 0.187. The van der Waals surface area contributed by atoms with Crippen LogP contribution in [0.15, 0.2) is 12.1 Å². The summed E-state index contributed by atoms with van der Waals surface area (Å²) >= 11 is 0. The van der Waals surface area contributed by atoms with Gasteiger partial charge in [-0.1, -0.05) is 6.07 Å². The van der Waals surface area contributed by atoms with Gasteiger partial charge in [0.1, 0.15) is 0 Å². The van der Waals surface area contributed by atoms with Gasteiger partial charge in [-0.05, 0) is 6.07 Å². The molecule has 0 aliphatic heterocycles. The molecule has 0 bridgehead atoms. The van der Waals surface area contributed by atoms with Crippen LogP contribution in [-0.4, -0.2) is 25.1 Å². The first kappa shape index (κ1) is 17.9. The second-order valence-electron chi connectivity index (χ2n) is 4.40. The van der Waals surface area contributed by atoms with Crippen molar-refractivity contribution in [1.82, 2.24) is 5.32 Å². The topological polar surface area (TPSA) is 81.1 Å². The zero-order valence-corrected chi connectivity index (χ0v) is 11.0. The van der Waals surface area contributed by atoms with E-state index in [2.05, 4.69) is 0 Å². The third kappa shape index (κ3) is 4.18.